The average Bonchev–Trinajstić information content (AvgIpc) is 2.39. The van der Waals surface area contributed by atoms with Crippen molar-refractivity contribution < 1.29 is 22.7 Å². The first-order valence-corrected chi connectivity index (χ1v) is 6.38. The van der Waals surface area contributed by atoms with Gasteiger partial charge in [-0.1, -0.05) is 32.6 Å². The molecule has 0 saturated carbocycles. The molecule has 2 nitrogen and oxygen atoms in total. The molecule has 0 radical (unpaired) electrons. The van der Waals surface area contributed by atoms with Crippen molar-refractivity contribution in [2.75, 3.05) is 6.61 Å². The van der Waals surface area contributed by atoms with Crippen LogP contribution in [0.15, 0.2) is 12.1 Å². The van der Waals surface area contributed by atoms with Crippen molar-refractivity contribution in [1.82, 2.24) is 0 Å². The van der Waals surface area contributed by atoms with E-state index in [0.29, 0.717) is 18.6 Å². The Bertz CT molecular complexity index is 410. The second-order valence-electron chi connectivity index (χ2n) is 4.30. The lowest BCUT2D eigenvalue weighted by Crippen LogP contribution is -2.08. The monoisotopic (exact) mass is 274 g/mol. The Balaban J connectivity index is 2.42. The third kappa shape index (κ3) is 4.93. The van der Waals surface area contributed by atoms with E-state index in [1.807, 2.05) is 0 Å². The molecule has 0 aromatic heterocycles. The first-order chi connectivity index (χ1) is 9.06. The van der Waals surface area contributed by atoms with Crippen LogP contribution < -0.4 is 0 Å². The quantitative estimate of drug-likeness (QED) is 0.422. The van der Waals surface area contributed by atoms with E-state index in [1.165, 1.54) is 0 Å². The van der Waals surface area contributed by atoms with Gasteiger partial charge in [0.15, 0.2) is 17.5 Å². The van der Waals surface area contributed by atoms with Gasteiger partial charge in [0, 0.05) is 0 Å². The molecule has 0 aliphatic heterocycles. The predicted octanol–water partition coefficient (Wildman–Crippen LogP) is 4.23. The van der Waals surface area contributed by atoms with E-state index >= 15 is 0 Å². The summed E-state index contributed by atoms with van der Waals surface area (Å²) in [4.78, 5) is 11.5. The Hall–Kier alpha value is -1.52. The lowest BCUT2D eigenvalue weighted by Gasteiger charge is -2.05. The molecule has 0 unspecified atom stereocenters. The van der Waals surface area contributed by atoms with E-state index in [-0.39, 0.29) is 12.2 Å². The van der Waals surface area contributed by atoms with Gasteiger partial charge in [0.05, 0.1) is 12.2 Å². The van der Waals surface area contributed by atoms with E-state index in [9.17, 15) is 18.0 Å². The van der Waals surface area contributed by atoms with Crippen LogP contribution in [0.3, 0.4) is 0 Å². The van der Waals surface area contributed by atoms with Crippen LogP contribution in [0.25, 0.3) is 0 Å². The second-order valence-corrected chi connectivity index (χ2v) is 4.30. The lowest BCUT2D eigenvalue weighted by molar-refractivity contribution is 0.0496. The Morgan fingerprint density at radius 2 is 1.63 bits per heavy atom. The fourth-order valence-corrected chi connectivity index (χ4v) is 1.63. The van der Waals surface area contributed by atoms with Gasteiger partial charge < -0.3 is 4.74 Å². The fourth-order valence-electron chi connectivity index (χ4n) is 1.63. The van der Waals surface area contributed by atoms with Crippen LogP contribution in [0.1, 0.15) is 49.4 Å². The number of halogens is 3. The Morgan fingerprint density at radius 1 is 1.05 bits per heavy atom. The zero-order valence-electron chi connectivity index (χ0n) is 10.8. The van der Waals surface area contributed by atoms with Gasteiger partial charge in [-0.25, -0.2) is 18.0 Å². The van der Waals surface area contributed by atoms with Gasteiger partial charge in [-0.15, -0.1) is 0 Å². The van der Waals surface area contributed by atoms with E-state index < -0.39 is 23.4 Å². The number of hydrogen-bond acceptors (Lipinski definition) is 2. The molecule has 1 aromatic rings. The summed E-state index contributed by atoms with van der Waals surface area (Å²) in [6.07, 6.45) is 4.95. The molecule has 0 spiro atoms. The van der Waals surface area contributed by atoms with Crippen LogP contribution >= 0.6 is 0 Å². The van der Waals surface area contributed by atoms with Gasteiger partial charge in [0.2, 0.25) is 0 Å². The van der Waals surface area contributed by atoms with E-state index in [1.54, 1.807) is 0 Å². The number of esters is 1. The van der Waals surface area contributed by atoms with Crippen LogP contribution in [0, 0.1) is 17.5 Å². The molecule has 19 heavy (non-hydrogen) atoms. The maximum absolute atomic E-state index is 12.9. The molecule has 0 heterocycles. The highest BCUT2D eigenvalue weighted by molar-refractivity contribution is 5.89. The van der Waals surface area contributed by atoms with Gasteiger partial charge >= 0.3 is 5.97 Å². The smallest absolute Gasteiger partial charge is 0.338 e. The first-order valence-electron chi connectivity index (χ1n) is 6.38. The Morgan fingerprint density at radius 3 is 2.21 bits per heavy atom. The van der Waals surface area contributed by atoms with Gasteiger partial charge in [-0.2, -0.15) is 0 Å². The van der Waals surface area contributed by atoms with Gasteiger partial charge in [-0.05, 0) is 18.6 Å². The molecule has 0 N–H and O–H groups in total. The molecule has 0 fully saturated rings. The number of benzene rings is 1. The summed E-state index contributed by atoms with van der Waals surface area (Å²) in [7, 11) is 0. The minimum absolute atomic E-state index is 0.198. The van der Waals surface area contributed by atoms with E-state index in [0.717, 1.165) is 25.7 Å². The zero-order valence-corrected chi connectivity index (χ0v) is 10.8. The normalized spacial score (nSPS) is 10.5. The largest absolute Gasteiger partial charge is 0.462 e. The maximum atomic E-state index is 12.9. The average molecular weight is 274 g/mol. The standard InChI is InChI=1S/C14H17F3O2/c1-2-3-4-5-6-7-19-14(18)10-8-11(15)13(17)12(16)9-10/h8-9H,2-7H2,1H3. The Labute approximate surface area is 110 Å². The molecular formula is C14H17F3O2. The van der Waals surface area contributed by atoms with Gasteiger partial charge in [-0.3, -0.25) is 0 Å². The van der Waals surface area contributed by atoms with Crippen molar-refractivity contribution >= 4 is 5.97 Å². The van der Waals surface area contributed by atoms with Gasteiger partial charge in [0.25, 0.3) is 0 Å². The van der Waals surface area contributed by atoms with E-state index in [2.05, 4.69) is 6.92 Å². The molecule has 1 aromatic carbocycles. The number of rotatable bonds is 7. The van der Waals surface area contributed by atoms with Crippen LogP contribution in [0.2, 0.25) is 0 Å². The summed E-state index contributed by atoms with van der Waals surface area (Å²) in [5, 5.41) is 0. The summed E-state index contributed by atoms with van der Waals surface area (Å²) in [6, 6.07) is 1.27. The summed E-state index contributed by atoms with van der Waals surface area (Å²) in [5.74, 6) is -5.21. The number of carbonyl (C=O) groups is 1. The highest BCUT2D eigenvalue weighted by Gasteiger charge is 2.15. The Kier molecular flexibility index (Phi) is 6.39. The SMILES string of the molecule is CCCCCCCOC(=O)c1cc(F)c(F)c(F)c1. The summed E-state index contributed by atoms with van der Waals surface area (Å²) in [5.41, 5.74) is -0.315. The number of unbranched alkanes of at least 4 members (excludes halogenated alkanes) is 4. The molecule has 0 aliphatic carbocycles. The topological polar surface area (TPSA) is 26.3 Å². The van der Waals surface area contributed by atoms with Gasteiger partial charge in [0.1, 0.15) is 0 Å². The molecule has 5 heteroatoms. The third-order valence-electron chi connectivity index (χ3n) is 2.70. The summed E-state index contributed by atoms with van der Waals surface area (Å²) >= 11 is 0. The van der Waals surface area contributed by atoms with Crippen molar-refractivity contribution in [1.29, 1.82) is 0 Å². The predicted molar refractivity (Wildman–Crippen MR) is 65.4 cm³/mol. The zero-order chi connectivity index (χ0) is 14.3. The van der Waals surface area contributed by atoms with E-state index in [4.69, 9.17) is 4.74 Å². The van der Waals surface area contributed by atoms with Crippen molar-refractivity contribution in [2.24, 2.45) is 0 Å². The highest BCUT2D eigenvalue weighted by atomic mass is 19.2. The molecule has 0 aliphatic rings. The highest BCUT2D eigenvalue weighted by Crippen LogP contribution is 2.14. The number of carbonyl (C=O) groups excluding carboxylic acids is 1. The molecule has 1 rings (SSSR count). The van der Waals surface area contributed by atoms with Crippen molar-refractivity contribution in [3.8, 4) is 0 Å². The molecular weight excluding hydrogens is 257 g/mol. The lowest BCUT2D eigenvalue weighted by atomic mass is 10.2. The molecule has 0 saturated heterocycles. The summed E-state index contributed by atoms with van der Waals surface area (Å²) in [6.45, 7) is 2.29. The van der Waals surface area contributed by atoms with Crippen molar-refractivity contribution in [3.63, 3.8) is 0 Å². The van der Waals surface area contributed by atoms with Crippen LogP contribution in [0.4, 0.5) is 13.2 Å². The van der Waals surface area contributed by atoms with Crippen molar-refractivity contribution in [3.05, 3.63) is 35.1 Å². The van der Waals surface area contributed by atoms with Crippen LogP contribution in [0.5, 0.6) is 0 Å². The minimum Gasteiger partial charge on any atom is -0.462 e. The second kappa shape index (κ2) is 7.81. The fraction of sp³-hybridized carbons (Fsp3) is 0.500. The molecule has 106 valence electrons. The molecule has 0 amide bonds. The maximum Gasteiger partial charge on any atom is 0.338 e. The van der Waals surface area contributed by atoms with Crippen LogP contribution in [-0.2, 0) is 4.74 Å². The molecule has 0 atom stereocenters. The molecule has 0 bridgehead atoms. The number of ether oxygens (including phenoxy) is 1. The third-order valence-corrected chi connectivity index (χ3v) is 2.70. The van der Waals surface area contributed by atoms with Crippen LogP contribution in [-0.4, -0.2) is 12.6 Å². The first kappa shape index (κ1) is 15.5. The minimum atomic E-state index is -1.59. The summed E-state index contributed by atoms with van der Waals surface area (Å²) < 4.78 is 43.4. The number of hydrogen-bond donors (Lipinski definition) is 0. The van der Waals surface area contributed by atoms with Crippen molar-refractivity contribution in [2.45, 2.75) is 39.0 Å².